The molecule has 0 saturated carbocycles. The van der Waals surface area contributed by atoms with Crippen LogP contribution in [0.5, 0.6) is 11.5 Å². The van der Waals surface area contributed by atoms with Gasteiger partial charge in [0, 0.05) is 12.1 Å². The summed E-state index contributed by atoms with van der Waals surface area (Å²) in [6, 6.07) is 6.00. The van der Waals surface area contributed by atoms with Gasteiger partial charge in [0.25, 0.3) is 5.69 Å². The highest BCUT2D eigenvalue weighted by molar-refractivity contribution is 5.79. The highest BCUT2D eigenvalue weighted by Gasteiger charge is 2.24. The second-order valence-electron chi connectivity index (χ2n) is 6.49. The van der Waals surface area contributed by atoms with Gasteiger partial charge in [0.05, 0.1) is 28.6 Å². The number of aryl methyl sites for hydroxylation is 2. The normalized spacial score (nSPS) is 10.6. The Kier molecular flexibility index (Phi) is 6.92. The van der Waals surface area contributed by atoms with E-state index in [1.54, 1.807) is 26.0 Å². The maximum absolute atomic E-state index is 11.6. The molecule has 0 aromatic heterocycles. The van der Waals surface area contributed by atoms with E-state index in [9.17, 15) is 20.2 Å². The fourth-order valence-electron chi connectivity index (χ4n) is 2.86. The molecule has 0 aliphatic carbocycles. The number of ether oxygens (including phenoxy) is 2. The molecule has 150 valence electrons. The second kappa shape index (κ2) is 9.16. The third kappa shape index (κ3) is 4.57. The Morgan fingerprint density at radius 2 is 1.43 bits per heavy atom. The number of nitro groups is 2. The average molecular weight is 388 g/mol. The van der Waals surface area contributed by atoms with Crippen LogP contribution in [0.15, 0.2) is 24.3 Å². The van der Waals surface area contributed by atoms with E-state index in [4.69, 9.17) is 9.47 Å². The zero-order chi connectivity index (χ0) is 20.8. The summed E-state index contributed by atoms with van der Waals surface area (Å²) >= 11 is 0. The largest absolute Gasteiger partial charge is 0.493 e. The molecule has 0 aliphatic heterocycles. The van der Waals surface area contributed by atoms with Gasteiger partial charge in [-0.2, -0.15) is 0 Å². The quantitative estimate of drug-likeness (QED) is 0.423. The molecule has 0 saturated heterocycles. The predicted molar refractivity (Wildman–Crippen MR) is 106 cm³/mol. The molecule has 0 N–H and O–H groups in total. The predicted octanol–water partition coefficient (Wildman–Crippen LogP) is 5.36. The summed E-state index contributed by atoms with van der Waals surface area (Å²) in [6.45, 7) is 8.11. The number of nitro benzene ring substituents is 2. The minimum Gasteiger partial charge on any atom is -0.493 e. The van der Waals surface area contributed by atoms with Gasteiger partial charge in [-0.05, 0) is 55.5 Å². The van der Waals surface area contributed by atoms with E-state index in [1.807, 2.05) is 13.8 Å². The number of benzene rings is 2. The van der Waals surface area contributed by atoms with E-state index in [2.05, 4.69) is 0 Å². The minimum absolute atomic E-state index is 0.128. The van der Waals surface area contributed by atoms with Gasteiger partial charge in [0.15, 0.2) is 5.75 Å². The second-order valence-corrected chi connectivity index (χ2v) is 6.49. The summed E-state index contributed by atoms with van der Waals surface area (Å²) in [7, 11) is 0. The van der Waals surface area contributed by atoms with Gasteiger partial charge < -0.3 is 9.47 Å². The standard InChI is InChI=1S/C20H24N2O6/c1-5-7-27-19-12-16(17(21(23)24)10-13(19)3)15-9-14(4)20(28-8-6-2)18(11-15)22(25)26/h9-12H,5-8H2,1-4H3. The Bertz CT molecular complexity index is 895. The van der Waals surface area contributed by atoms with Crippen molar-refractivity contribution in [3.8, 4) is 22.6 Å². The monoisotopic (exact) mass is 388 g/mol. The molecule has 0 spiro atoms. The zero-order valence-electron chi connectivity index (χ0n) is 16.5. The van der Waals surface area contributed by atoms with Crippen molar-refractivity contribution >= 4 is 11.4 Å². The summed E-state index contributed by atoms with van der Waals surface area (Å²) in [6.07, 6.45) is 1.50. The van der Waals surface area contributed by atoms with Crippen LogP contribution in [0.2, 0.25) is 0 Å². The van der Waals surface area contributed by atoms with Gasteiger partial charge in [-0.25, -0.2) is 0 Å². The van der Waals surface area contributed by atoms with Crippen molar-refractivity contribution in [3.05, 3.63) is 55.6 Å². The van der Waals surface area contributed by atoms with Gasteiger partial charge in [0.2, 0.25) is 0 Å². The van der Waals surface area contributed by atoms with Crippen LogP contribution < -0.4 is 9.47 Å². The molecule has 8 heteroatoms. The molecule has 28 heavy (non-hydrogen) atoms. The van der Waals surface area contributed by atoms with E-state index >= 15 is 0 Å². The van der Waals surface area contributed by atoms with Crippen molar-refractivity contribution in [2.24, 2.45) is 0 Å². The topological polar surface area (TPSA) is 105 Å². The first-order valence-electron chi connectivity index (χ1n) is 9.14. The molecule has 0 fully saturated rings. The van der Waals surface area contributed by atoms with Crippen molar-refractivity contribution in [1.29, 1.82) is 0 Å². The molecule has 0 aliphatic rings. The van der Waals surface area contributed by atoms with Gasteiger partial charge in [-0.1, -0.05) is 13.8 Å². The van der Waals surface area contributed by atoms with Crippen molar-refractivity contribution in [2.75, 3.05) is 13.2 Å². The molecule has 0 atom stereocenters. The molecule has 0 bridgehead atoms. The zero-order valence-corrected chi connectivity index (χ0v) is 16.5. The maximum Gasteiger partial charge on any atom is 0.311 e. The van der Waals surface area contributed by atoms with Gasteiger partial charge in [-0.3, -0.25) is 20.2 Å². The Balaban J connectivity index is 2.68. The summed E-state index contributed by atoms with van der Waals surface area (Å²) < 4.78 is 11.2. The Morgan fingerprint density at radius 3 is 2.00 bits per heavy atom. The van der Waals surface area contributed by atoms with Crippen LogP contribution in [0.1, 0.15) is 37.8 Å². The van der Waals surface area contributed by atoms with Crippen LogP contribution in [0, 0.1) is 34.1 Å². The van der Waals surface area contributed by atoms with Crippen LogP contribution >= 0.6 is 0 Å². The molecule has 0 radical (unpaired) electrons. The number of hydrogen-bond acceptors (Lipinski definition) is 6. The molecular weight excluding hydrogens is 364 g/mol. The fraction of sp³-hybridized carbons (Fsp3) is 0.400. The summed E-state index contributed by atoms with van der Waals surface area (Å²) in [5, 5.41) is 23.2. The average Bonchev–Trinajstić information content (AvgIpc) is 2.65. The first-order valence-corrected chi connectivity index (χ1v) is 9.14. The van der Waals surface area contributed by atoms with Crippen molar-refractivity contribution in [2.45, 2.75) is 40.5 Å². The maximum atomic E-state index is 11.6. The first kappa shape index (κ1) is 21.1. The van der Waals surface area contributed by atoms with Gasteiger partial charge >= 0.3 is 5.69 Å². The van der Waals surface area contributed by atoms with Crippen molar-refractivity contribution < 1.29 is 19.3 Å². The minimum atomic E-state index is -0.532. The Morgan fingerprint density at radius 1 is 0.821 bits per heavy atom. The molecular formula is C20H24N2O6. The summed E-state index contributed by atoms with van der Waals surface area (Å²) in [5.74, 6) is 0.710. The van der Waals surface area contributed by atoms with E-state index < -0.39 is 9.85 Å². The van der Waals surface area contributed by atoms with Crippen LogP contribution in [0.4, 0.5) is 11.4 Å². The number of hydrogen-bond donors (Lipinski definition) is 0. The molecule has 8 nitrogen and oxygen atoms in total. The highest BCUT2D eigenvalue weighted by Crippen LogP contribution is 2.41. The van der Waals surface area contributed by atoms with Crippen molar-refractivity contribution in [3.63, 3.8) is 0 Å². The molecule has 0 heterocycles. The molecule has 0 unspecified atom stereocenters. The van der Waals surface area contributed by atoms with Gasteiger partial charge in [0.1, 0.15) is 5.75 Å². The molecule has 2 aromatic rings. The third-order valence-corrected chi connectivity index (χ3v) is 4.16. The van der Waals surface area contributed by atoms with E-state index in [0.29, 0.717) is 42.1 Å². The Labute approximate surface area is 163 Å². The van der Waals surface area contributed by atoms with E-state index in [1.165, 1.54) is 12.1 Å². The van der Waals surface area contributed by atoms with Crippen LogP contribution in [0.25, 0.3) is 11.1 Å². The van der Waals surface area contributed by atoms with Crippen LogP contribution in [-0.2, 0) is 0 Å². The number of rotatable bonds is 9. The van der Waals surface area contributed by atoms with Crippen LogP contribution in [0.3, 0.4) is 0 Å². The first-order chi connectivity index (χ1) is 13.3. The van der Waals surface area contributed by atoms with E-state index in [0.717, 1.165) is 6.42 Å². The summed E-state index contributed by atoms with van der Waals surface area (Å²) in [5.41, 5.74) is 1.49. The third-order valence-electron chi connectivity index (χ3n) is 4.16. The van der Waals surface area contributed by atoms with Crippen molar-refractivity contribution in [1.82, 2.24) is 0 Å². The molecule has 2 rings (SSSR count). The summed E-state index contributed by atoms with van der Waals surface area (Å²) in [4.78, 5) is 22.1. The fourth-order valence-corrected chi connectivity index (χ4v) is 2.86. The smallest absolute Gasteiger partial charge is 0.311 e. The lowest BCUT2D eigenvalue weighted by Crippen LogP contribution is -2.03. The number of nitrogens with zero attached hydrogens (tertiary/aromatic N) is 2. The molecule has 2 aromatic carbocycles. The lowest BCUT2D eigenvalue weighted by molar-refractivity contribution is -0.386. The lowest BCUT2D eigenvalue weighted by Gasteiger charge is -2.14. The van der Waals surface area contributed by atoms with E-state index in [-0.39, 0.29) is 22.7 Å². The lowest BCUT2D eigenvalue weighted by atomic mass is 9.98. The van der Waals surface area contributed by atoms with Gasteiger partial charge in [-0.15, -0.1) is 0 Å². The molecule has 0 amide bonds. The SMILES string of the molecule is CCCOc1cc(-c2cc(C)c(OCCC)c([N+](=O)[O-])c2)c([N+](=O)[O-])cc1C. The highest BCUT2D eigenvalue weighted by atomic mass is 16.6. The van der Waals surface area contributed by atoms with Crippen LogP contribution in [-0.4, -0.2) is 23.1 Å². The Hall–Kier alpha value is -3.16.